The van der Waals surface area contributed by atoms with Gasteiger partial charge in [-0.1, -0.05) is 0 Å². The van der Waals surface area contributed by atoms with E-state index in [9.17, 15) is 19.2 Å². The van der Waals surface area contributed by atoms with E-state index in [1.54, 1.807) is 24.3 Å². The van der Waals surface area contributed by atoms with Crippen LogP contribution in [0, 0.1) is 0 Å². The number of hydrogen-bond acceptors (Lipinski definition) is 8. The number of nitrogens with one attached hydrogen (secondary N) is 3. The number of amides is 4. The van der Waals surface area contributed by atoms with Crippen LogP contribution in [0.1, 0.15) is 45.5 Å². The van der Waals surface area contributed by atoms with E-state index in [2.05, 4.69) is 25.9 Å². The number of hydrogen-bond donors (Lipinski definition) is 3. The number of imide groups is 1. The number of piperidine rings is 1. The summed E-state index contributed by atoms with van der Waals surface area (Å²) in [6.07, 6.45) is 2.90. The number of carbonyl (C=O) groups excluding carboxylic acids is 4. The highest BCUT2D eigenvalue weighted by atomic mass is 16.5. The van der Waals surface area contributed by atoms with E-state index < -0.39 is 17.9 Å². The summed E-state index contributed by atoms with van der Waals surface area (Å²) in [4.78, 5) is 58.9. The van der Waals surface area contributed by atoms with Crippen molar-refractivity contribution in [3.05, 3.63) is 47.2 Å². The molecule has 0 bridgehead atoms. The van der Waals surface area contributed by atoms with Crippen LogP contribution in [0.15, 0.2) is 30.5 Å². The smallest absolute Gasteiger partial charge is 0.258 e. The lowest BCUT2D eigenvalue weighted by Crippen LogP contribution is -2.52. The molecular weight excluding hydrogens is 428 g/mol. The molecule has 1 aromatic heterocycles. The molecule has 3 aliphatic rings. The molecule has 2 atom stereocenters. The highest BCUT2D eigenvalue weighted by molar-refractivity contribution is 6.07. The fraction of sp³-hybridized carbons (Fsp3) is 0.364. The van der Waals surface area contributed by atoms with Gasteiger partial charge in [0.1, 0.15) is 12.1 Å². The standard InChI is InChI=1S/C22H22N6O5/c29-17-4-3-16(20(31)25-17)28-11-13-9-12(1-2-15(13)21(28)32)19(30)27-22-24-8-6-18(26-22)33-14-5-7-23-10-14/h1-2,6,8-9,14,16,23H,3-5,7,10-11H2,(H,25,29,31)(H,24,26,27,30). The maximum Gasteiger partial charge on any atom is 0.258 e. The lowest BCUT2D eigenvalue weighted by molar-refractivity contribution is -0.136. The molecule has 3 N–H and O–H groups in total. The van der Waals surface area contributed by atoms with E-state index in [4.69, 9.17) is 4.74 Å². The molecule has 2 fully saturated rings. The van der Waals surface area contributed by atoms with Gasteiger partial charge in [0.2, 0.25) is 23.6 Å². The molecule has 3 aliphatic heterocycles. The summed E-state index contributed by atoms with van der Waals surface area (Å²) in [5.41, 5.74) is 1.42. The van der Waals surface area contributed by atoms with E-state index in [1.807, 2.05) is 0 Å². The normalized spacial score (nSPS) is 22.2. The van der Waals surface area contributed by atoms with Crippen molar-refractivity contribution in [1.82, 2.24) is 25.5 Å². The third kappa shape index (κ3) is 4.27. The Morgan fingerprint density at radius 2 is 2.06 bits per heavy atom. The van der Waals surface area contributed by atoms with E-state index >= 15 is 0 Å². The number of fused-ring (bicyclic) bond motifs is 1. The number of benzene rings is 1. The van der Waals surface area contributed by atoms with Crippen molar-refractivity contribution in [3.63, 3.8) is 0 Å². The second-order valence-electron chi connectivity index (χ2n) is 8.18. The second kappa shape index (κ2) is 8.58. The van der Waals surface area contributed by atoms with Gasteiger partial charge in [0, 0.05) is 42.9 Å². The third-order valence-corrected chi connectivity index (χ3v) is 5.94. The summed E-state index contributed by atoms with van der Waals surface area (Å²) in [6, 6.07) is 5.68. The van der Waals surface area contributed by atoms with Crippen molar-refractivity contribution < 1.29 is 23.9 Å². The quantitative estimate of drug-likeness (QED) is 0.550. The van der Waals surface area contributed by atoms with Crippen LogP contribution in [0.3, 0.4) is 0 Å². The molecule has 0 radical (unpaired) electrons. The van der Waals surface area contributed by atoms with Gasteiger partial charge in [-0.05, 0) is 43.1 Å². The molecule has 33 heavy (non-hydrogen) atoms. The maximum absolute atomic E-state index is 12.8. The molecule has 1 aromatic carbocycles. The summed E-state index contributed by atoms with van der Waals surface area (Å²) >= 11 is 0. The molecule has 4 amide bonds. The van der Waals surface area contributed by atoms with Gasteiger partial charge < -0.3 is 15.0 Å². The van der Waals surface area contributed by atoms with Crippen LogP contribution in [0.2, 0.25) is 0 Å². The lowest BCUT2D eigenvalue weighted by Gasteiger charge is -2.29. The molecule has 11 heteroatoms. The van der Waals surface area contributed by atoms with Crippen molar-refractivity contribution in [1.29, 1.82) is 0 Å². The third-order valence-electron chi connectivity index (χ3n) is 5.94. The number of ether oxygens (including phenoxy) is 1. The molecule has 0 spiro atoms. The number of nitrogens with zero attached hydrogens (tertiary/aromatic N) is 3. The Balaban J connectivity index is 1.27. The highest BCUT2D eigenvalue weighted by Gasteiger charge is 2.39. The van der Waals surface area contributed by atoms with Crippen molar-refractivity contribution in [2.45, 2.75) is 38.0 Å². The molecule has 0 saturated carbocycles. The zero-order chi connectivity index (χ0) is 22.9. The van der Waals surface area contributed by atoms with Crippen molar-refractivity contribution in [3.8, 4) is 5.88 Å². The molecule has 170 valence electrons. The summed E-state index contributed by atoms with van der Waals surface area (Å²) in [6.45, 7) is 1.83. The Labute approximate surface area is 188 Å². The minimum atomic E-state index is -0.703. The average molecular weight is 450 g/mol. The van der Waals surface area contributed by atoms with Gasteiger partial charge in [-0.15, -0.1) is 0 Å². The molecule has 2 saturated heterocycles. The first-order valence-electron chi connectivity index (χ1n) is 10.8. The van der Waals surface area contributed by atoms with Gasteiger partial charge in [0.25, 0.3) is 11.8 Å². The Morgan fingerprint density at radius 1 is 1.18 bits per heavy atom. The molecule has 0 aliphatic carbocycles. The first-order chi connectivity index (χ1) is 16.0. The Kier molecular flexibility index (Phi) is 5.47. The van der Waals surface area contributed by atoms with Crippen LogP contribution in [0.25, 0.3) is 0 Å². The Morgan fingerprint density at radius 3 is 2.85 bits per heavy atom. The van der Waals surface area contributed by atoms with E-state index in [0.717, 1.165) is 19.5 Å². The summed E-state index contributed by atoms with van der Waals surface area (Å²) in [7, 11) is 0. The number of carbonyl (C=O) groups is 4. The minimum absolute atomic E-state index is 0.0324. The van der Waals surface area contributed by atoms with Gasteiger partial charge in [-0.2, -0.15) is 4.98 Å². The van der Waals surface area contributed by atoms with E-state index in [1.165, 1.54) is 11.1 Å². The number of aromatic nitrogens is 2. The predicted octanol–water partition coefficient (Wildman–Crippen LogP) is 0.231. The Hall–Kier alpha value is -3.86. The van der Waals surface area contributed by atoms with Crippen molar-refractivity contribution >= 4 is 29.6 Å². The lowest BCUT2D eigenvalue weighted by atomic mass is 10.0. The van der Waals surface area contributed by atoms with Gasteiger partial charge in [-0.3, -0.25) is 29.8 Å². The average Bonchev–Trinajstić information content (AvgIpc) is 3.41. The maximum atomic E-state index is 12.8. The monoisotopic (exact) mass is 450 g/mol. The summed E-state index contributed by atoms with van der Waals surface area (Å²) in [5, 5.41) is 8.14. The second-order valence-corrected chi connectivity index (χ2v) is 8.18. The van der Waals surface area contributed by atoms with Gasteiger partial charge in [0.15, 0.2) is 0 Å². The fourth-order valence-corrected chi connectivity index (χ4v) is 4.26. The Bertz CT molecular complexity index is 1150. The van der Waals surface area contributed by atoms with Crippen LogP contribution in [-0.2, 0) is 16.1 Å². The highest BCUT2D eigenvalue weighted by Crippen LogP contribution is 2.28. The zero-order valence-corrected chi connectivity index (χ0v) is 17.7. The van der Waals surface area contributed by atoms with Gasteiger partial charge >= 0.3 is 0 Å². The van der Waals surface area contributed by atoms with Crippen LogP contribution in [-0.4, -0.2) is 63.7 Å². The van der Waals surface area contributed by atoms with Crippen molar-refractivity contribution in [2.75, 3.05) is 18.4 Å². The van der Waals surface area contributed by atoms with Crippen LogP contribution in [0.5, 0.6) is 5.88 Å². The summed E-state index contributed by atoms with van der Waals surface area (Å²) in [5.74, 6) is -1.03. The van der Waals surface area contributed by atoms with E-state index in [-0.39, 0.29) is 43.3 Å². The van der Waals surface area contributed by atoms with Gasteiger partial charge in [0.05, 0.1) is 0 Å². The predicted molar refractivity (Wildman–Crippen MR) is 114 cm³/mol. The zero-order valence-electron chi connectivity index (χ0n) is 17.7. The number of rotatable bonds is 5. The molecule has 2 unspecified atom stereocenters. The van der Waals surface area contributed by atoms with Crippen molar-refractivity contribution in [2.24, 2.45) is 0 Å². The van der Waals surface area contributed by atoms with Crippen LogP contribution < -0.4 is 20.7 Å². The topological polar surface area (TPSA) is 143 Å². The van der Waals surface area contributed by atoms with E-state index in [0.29, 0.717) is 22.6 Å². The molecule has 2 aromatic rings. The fourth-order valence-electron chi connectivity index (χ4n) is 4.26. The first-order valence-corrected chi connectivity index (χ1v) is 10.8. The van der Waals surface area contributed by atoms with Crippen LogP contribution >= 0.6 is 0 Å². The number of anilines is 1. The first kappa shape index (κ1) is 21.0. The summed E-state index contributed by atoms with van der Waals surface area (Å²) < 4.78 is 5.80. The minimum Gasteiger partial charge on any atom is -0.473 e. The largest absolute Gasteiger partial charge is 0.473 e. The molecule has 4 heterocycles. The molecule has 11 nitrogen and oxygen atoms in total. The molecular formula is C22H22N6O5. The van der Waals surface area contributed by atoms with Gasteiger partial charge in [-0.25, -0.2) is 4.98 Å². The van der Waals surface area contributed by atoms with Crippen LogP contribution in [0.4, 0.5) is 5.95 Å². The molecule has 5 rings (SSSR count). The SMILES string of the molecule is O=C1CCC(N2Cc3cc(C(=O)Nc4nccc(OC5CCNC5)n4)ccc3C2=O)C(=O)N1.